The van der Waals surface area contributed by atoms with E-state index in [0.717, 1.165) is 15.3 Å². The zero-order valence-corrected chi connectivity index (χ0v) is 15.8. The molecule has 0 bridgehead atoms. The molecule has 1 aliphatic heterocycles. The predicted molar refractivity (Wildman–Crippen MR) is 105 cm³/mol. The van der Waals surface area contributed by atoms with Gasteiger partial charge in [-0.2, -0.15) is 0 Å². The maximum absolute atomic E-state index is 12.9. The van der Waals surface area contributed by atoms with Gasteiger partial charge < -0.3 is 0 Å². The molecule has 2 N–H and O–H groups in total. The largest absolute Gasteiger partial charge is 0.271 e. The van der Waals surface area contributed by atoms with E-state index in [2.05, 4.69) is 10.9 Å². The summed E-state index contributed by atoms with van der Waals surface area (Å²) < 4.78 is 26.8. The fourth-order valence-electron chi connectivity index (χ4n) is 3.28. The molecule has 0 unspecified atom stereocenters. The standard InChI is InChI=1S/C20H17N3O4S/c1-13-5-2-8-15(11-13)20(25)22-21-18(24)12-23-16-9-3-6-14-7-4-10-17(19(14)16)28(23,26)27/h2-11H,12H2,1H3,(H,21,24)(H,22,25). The number of hydrogen-bond donors (Lipinski definition) is 2. The highest BCUT2D eigenvalue weighted by Gasteiger charge is 2.36. The second-order valence-corrected chi connectivity index (χ2v) is 8.35. The Morgan fingerprint density at radius 1 is 0.964 bits per heavy atom. The first-order valence-corrected chi connectivity index (χ1v) is 10.0. The maximum atomic E-state index is 12.9. The molecule has 0 aliphatic carbocycles. The fraction of sp³-hybridized carbons (Fsp3) is 0.100. The molecule has 0 radical (unpaired) electrons. The lowest BCUT2D eigenvalue weighted by atomic mass is 10.1. The number of aryl methyl sites for hydroxylation is 1. The highest BCUT2D eigenvalue weighted by Crippen LogP contribution is 2.41. The Kier molecular flexibility index (Phi) is 4.27. The zero-order chi connectivity index (χ0) is 19.9. The topological polar surface area (TPSA) is 95.6 Å². The first-order valence-electron chi connectivity index (χ1n) is 8.58. The maximum Gasteiger partial charge on any atom is 0.269 e. The highest BCUT2D eigenvalue weighted by molar-refractivity contribution is 7.93. The summed E-state index contributed by atoms with van der Waals surface area (Å²) in [6.07, 6.45) is 0. The van der Waals surface area contributed by atoms with Crippen molar-refractivity contribution in [2.24, 2.45) is 0 Å². The van der Waals surface area contributed by atoms with Crippen LogP contribution in [0.3, 0.4) is 0 Å². The summed E-state index contributed by atoms with van der Waals surface area (Å²) in [6.45, 7) is 1.41. The molecule has 0 fully saturated rings. The Balaban J connectivity index is 1.51. The Morgan fingerprint density at radius 3 is 2.43 bits per heavy atom. The van der Waals surface area contributed by atoms with Crippen molar-refractivity contribution in [3.63, 3.8) is 0 Å². The van der Waals surface area contributed by atoms with E-state index >= 15 is 0 Å². The van der Waals surface area contributed by atoms with Crippen LogP contribution in [0.4, 0.5) is 5.69 Å². The van der Waals surface area contributed by atoms with Crippen LogP contribution in [0.25, 0.3) is 10.8 Å². The van der Waals surface area contributed by atoms with Gasteiger partial charge in [0.1, 0.15) is 6.54 Å². The third-order valence-electron chi connectivity index (χ3n) is 4.56. The molecule has 28 heavy (non-hydrogen) atoms. The number of nitrogens with one attached hydrogen (secondary N) is 2. The van der Waals surface area contributed by atoms with Gasteiger partial charge in [-0.3, -0.25) is 24.7 Å². The van der Waals surface area contributed by atoms with Gasteiger partial charge in [-0.1, -0.05) is 42.0 Å². The Morgan fingerprint density at radius 2 is 1.68 bits per heavy atom. The van der Waals surface area contributed by atoms with Crippen LogP contribution in [0.2, 0.25) is 0 Å². The van der Waals surface area contributed by atoms with Crippen molar-refractivity contribution in [2.45, 2.75) is 11.8 Å². The van der Waals surface area contributed by atoms with Crippen LogP contribution in [0.1, 0.15) is 15.9 Å². The van der Waals surface area contributed by atoms with E-state index in [0.29, 0.717) is 16.6 Å². The van der Waals surface area contributed by atoms with E-state index in [1.807, 2.05) is 25.1 Å². The number of hydrogen-bond acceptors (Lipinski definition) is 4. The van der Waals surface area contributed by atoms with Crippen LogP contribution in [-0.4, -0.2) is 26.8 Å². The van der Waals surface area contributed by atoms with Crippen molar-refractivity contribution < 1.29 is 18.0 Å². The number of anilines is 1. The lowest BCUT2D eigenvalue weighted by molar-refractivity contribution is -0.120. The van der Waals surface area contributed by atoms with E-state index < -0.39 is 28.4 Å². The number of carbonyl (C=O) groups excluding carboxylic acids is 2. The molecule has 0 saturated heterocycles. The Labute approximate surface area is 162 Å². The van der Waals surface area contributed by atoms with Gasteiger partial charge in [0.15, 0.2) is 0 Å². The predicted octanol–water partition coefficient (Wildman–Crippen LogP) is 2.12. The SMILES string of the molecule is Cc1cccc(C(=O)NNC(=O)CN2c3cccc4cccc(c34)S2(=O)=O)c1. The van der Waals surface area contributed by atoms with Crippen LogP contribution >= 0.6 is 0 Å². The molecule has 7 nitrogen and oxygen atoms in total. The molecule has 2 amide bonds. The molecule has 3 aromatic carbocycles. The number of sulfonamides is 1. The molecule has 3 aromatic rings. The van der Waals surface area contributed by atoms with Gasteiger partial charge in [0.2, 0.25) is 0 Å². The lowest BCUT2D eigenvalue weighted by Crippen LogP contribution is -2.47. The molecule has 1 heterocycles. The van der Waals surface area contributed by atoms with Gasteiger partial charge >= 0.3 is 0 Å². The van der Waals surface area contributed by atoms with Gasteiger partial charge in [0.25, 0.3) is 21.8 Å². The van der Waals surface area contributed by atoms with Gasteiger partial charge in [-0.25, -0.2) is 8.42 Å². The minimum Gasteiger partial charge on any atom is -0.271 e. The Bertz CT molecular complexity index is 1220. The van der Waals surface area contributed by atoms with Crippen LogP contribution in [0.15, 0.2) is 65.6 Å². The van der Waals surface area contributed by atoms with Crippen molar-refractivity contribution >= 4 is 38.3 Å². The second kappa shape index (κ2) is 6.65. The third-order valence-corrected chi connectivity index (χ3v) is 6.37. The van der Waals surface area contributed by atoms with Gasteiger partial charge in [0.05, 0.1) is 10.6 Å². The summed E-state index contributed by atoms with van der Waals surface area (Å²) in [6, 6.07) is 17.1. The minimum absolute atomic E-state index is 0.178. The molecular weight excluding hydrogens is 378 g/mol. The summed E-state index contributed by atoms with van der Waals surface area (Å²) in [5.74, 6) is -1.12. The average molecular weight is 395 g/mol. The Hall–Kier alpha value is -3.39. The molecule has 0 saturated carbocycles. The zero-order valence-electron chi connectivity index (χ0n) is 15.0. The number of hydrazine groups is 1. The molecule has 0 atom stereocenters. The molecule has 0 spiro atoms. The van der Waals surface area contributed by atoms with Crippen molar-refractivity contribution in [3.05, 3.63) is 71.8 Å². The van der Waals surface area contributed by atoms with Crippen molar-refractivity contribution in [2.75, 3.05) is 10.8 Å². The van der Waals surface area contributed by atoms with Gasteiger partial charge in [0, 0.05) is 10.9 Å². The molecule has 142 valence electrons. The number of rotatable bonds is 3. The second-order valence-electron chi connectivity index (χ2n) is 6.51. The van der Waals surface area contributed by atoms with Crippen LogP contribution in [0, 0.1) is 6.92 Å². The first kappa shape index (κ1) is 18.0. The third kappa shape index (κ3) is 2.97. The lowest BCUT2D eigenvalue weighted by Gasteiger charge is -2.18. The summed E-state index contributed by atoms with van der Waals surface area (Å²) in [4.78, 5) is 24.6. The number of amides is 2. The monoisotopic (exact) mass is 395 g/mol. The van der Waals surface area contributed by atoms with Crippen LogP contribution in [0.5, 0.6) is 0 Å². The quantitative estimate of drug-likeness (QED) is 0.664. The van der Waals surface area contributed by atoms with E-state index in [1.54, 1.807) is 36.4 Å². The van der Waals surface area contributed by atoms with Crippen LogP contribution < -0.4 is 15.2 Å². The summed E-state index contributed by atoms with van der Waals surface area (Å²) in [5.41, 5.74) is 6.35. The van der Waals surface area contributed by atoms with Crippen molar-refractivity contribution in [1.29, 1.82) is 0 Å². The number of carbonyl (C=O) groups is 2. The van der Waals surface area contributed by atoms with Gasteiger partial charge in [-0.05, 0) is 36.6 Å². The normalized spacial score (nSPS) is 14.1. The van der Waals surface area contributed by atoms with Gasteiger partial charge in [-0.15, -0.1) is 0 Å². The van der Waals surface area contributed by atoms with E-state index in [4.69, 9.17) is 0 Å². The first-order chi connectivity index (χ1) is 13.4. The number of nitrogens with zero attached hydrogens (tertiary/aromatic N) is 1. The van der Waals surface area contributed by atoms with Crippen LogP contribution in [-0.2, 0) is 14.8 Å². The van der Waals surface area contributed by atoms with E-state index in [-0.39, 0.29) is 4.90 Å². The fourth-order valence-corrected chi connectivity index (χ4v) is 4.95. The number of benzene rings is 3. The molecule has 0 aromatic heterocycles. The van der Waals surface area contributed by atoms with E-state index in [9.17, 15) is 18.0 Å². The highest BCUT2D eigenvalue weighted by atomic mass is 32.2. The molecular formula is C20H17N3O4S. The molecule has 1 aliphatic rings. The summed E-state index contributed by atoms with van der Waals surface area (Å²) >= 11 is 0. The van der Waals surface area contributed by atoms with Crippen molar-refractivity contribution in [3.8, 4) is 0 Å². The summed E-state index contributed by atoms with van der Waals surface area (Å²) in [5, 5.41) is 1.39. The smallest absolute Gasteiger partial charge is 0.269 e. The van der Waals surface area contributed by atoms with E-state index in [1.165, 1.54) is 6.07 Å². The summed E-state index contributed by atoms with van der Waals surface area (Å²) in [7, 11) is -3.83. The van der Waals surface area contributed by atoms with Crippen molar-refractivity contribution in [1.82, 2.24) is 10.9 Å². The average Bonchev–Trinajstić information content (AvgIpc) is 2.89. The molecule has 8 heteroatoms. The molecule has 4 rings (SSSR count). The minimum atomic E-state index is -3.83.